The van der Waals surface area contributed by atoms with Gasteiger partial charge in [-0.3, -0.25) is 10.2 Å². The summed E-state index contributed by atoms with van der Waals surface area (Å²) in [6.45, 7) is 0.773. The van der Waals surface area contributed by atoms with E-state index in [9.17, 15) is 9.18 Å². The predicted octanol–water partition coefficient (Wildman–Crippen LogP) is 3.57. The van der Waals surface area contributed by atoms with Crippen molar-refractivity contribution in [1.82, 2.24) is 5.32 Å². The van der Waals surface area contributed by atoms with E-state index in [0.717, 1.165) is 11.3 Å². The summed E-state index contributed by atoms with van der Waals surface area (Å²) in [4.78, 5) is 12.6. The predicted molar refractivity (Wildman–Crippen MR) is 123 cm³/mol. The summed E-state index contributed by atoms with van der Waals surface area (Å²) in [6.07, 6.45) is -1.11. The molecular formula is C25H26FN3O4. The van der Waals surface area contributed by atoms with Crippen LogP contribution in [0, 0.1) is 11.2 Å². The van der Waals surface area contributed by atoms with Gasteiger partial charge in [-0.2, -0.15) is 0 Å². The van der Waals surface area contributed by atoms with E-state index in [1.54, 1.807) is 30.3 Å². The summed E-state index contributed by atoms with van der Waals surface area (Å²) in [5.41, 5.74) is 6.95. The molecule has 0 radical (unpaired) electrons. The number of methoxy groups -OCH3 is 1. The van der Waals surface area contributed by atoms with Crippen molar-refractivity contribution < 1.29 is 23.4 Å². The summed E-state index contributed by atoms with van der Waals surface area (Å²) in [5.74, 6) is -0.0574. The molecule has 0 fully saturated rings. The highest BCUT2D eigenvalue weighted by Gasteiger charge is 2.23. The first-order chi connectivity index (χ1) is 16.0. The van der Waals surface area contributed by atoms with Crippen molar-refractivity contribution in [2.75, 3.05) is 20.3 Å². The SMILES string of the molecule is CO[C@H](C(=O)NCc1ccc(C(=N)N)cc1)c1ccc(OCCOc2ccccc2)cc1F. The molecule has 0 bridgehead atoms. The van der Waals surface area contributed by atoms with Crippen molar-refractivity contribution in [2.24, 2.45) is 5.73 Å². The van der Waals surface area contributed by atoms with Crippen LogP contribution < -0.4 is 20.5 Å². The van der Waals surface area contributed by atoms with Gasteiger partial charge >= 0.3 is 0 Å². The molecule has 0 aliphatic rings. The van der Waals surface area contributed by atoms with Crippen molar-refractivity contribution in [3.8, 4) is 11.5 Å². The average molecular weight is 451 g/mol. The van der Waals surface area contributed by atoms with E-state index in [2.05, 4.69) is 5.32 Å². The van der Waals surface area contributed by atoms with E-state index in [4.69, 9.17) is 25.4 Å². The number of carbonyl (C=O) groups excluding carboxylic acids is 1. The van der Waals surface area contributed by atoms with E-state index >= 15 is 0 Å². The van der Waals surface area contributed by atoms with E-state index in [1.165, 1.54) is 19.2 Å². The number of benzene rings is 3. The monoisotopic (exact) mass is 451 g/mol. The maximum Gasteiger partial charge on any atom is 0.254 e. The molecule has 3 aromatic rings. The summed E-state index contributed by atoms with van der Waals surface area (Å²) in [5, 5.41) is 10.1. The number of para-hydroxylation sites is 1. The second kappa shape index (κ2) is 11.6. The number of nitrogens with one attached hydrogen (secondary N) is 2. The van der Waals surface area contributed by atoms with Crippen LogP contribution in [0.4, 0.5) is 4.39 Å². The summed E-state index contributed by atoms with van der Waals surface area (Å²) >= 11 is 0. The lowest BCUT2D eigenvalue weighted by Gasteiger charge is -2.17. The summed E-state index contributed by atoms with van der Waals surface area (Å²) in [7, 11) is 1.34. The van der Waals surface area contributed by atoms with Crippen LogP contribution in [-0.4, -0.2) is 32.1 Å². The molecule has 0 unspecified atom stereocenters. The zero-order chi connectivity index (χ0) is 23.6. The number of carbonyl (C=O) groups is 1. The molecule has 33 heavy (non-hydrogen) atoms. The Hall–Kier alpha value is -3.91. The Labute approximate surface area is 191 Å². The van der Waals surface area contributed by atoms with Crippen LogP contribution in [0.2, 0.25) is 0 Å². The number of amidine groups is 1. The number of nitrogen functional groups attached to an aromatic ring is 1. The minimum absolute atomic E-state index is 0.0309. The molecule has 3 rings (SSSR count). The molecule has 1 amide bonds. The Morgan fingerprint density at radius 2 is 1.67 bits per heavy atom. The molecule has 0 heterocycles. The zero-order valence-electron chi connectivity index (χ0n) is 18.2. The highest BCUT2D eigenvalue weighted by atomic mass is 19.1. The number of ether oxygens (including phenoxy) is 3. The van der Waals surface area contributed by atoms with Gasteiger partial charge in [-0.15, -0.1) is 0 Å². The number of rotatable bonds is 11. The van der Waals surface area contributed by atoms with E-state index in [1.807, 2.05) is 30.3 Å². The number of halogens is 1. The van der Waals surface area contributed by atoms with Crippen LogP contribution >= 0.6 is 0 Å². The number of nitrogens with two attached hydrogens (primary N) is 1. The van der Waals surface area contributed by atoms with Crippen LogP contribution in [0.1, 0.15) is 22.8 Å². The highest BCUT2D eigenvalue weighted by molar-refractivity contribution is 5.94. The van der Waals surface area contributed by atoms with Gasteiger partial charge in [-0.05, 0) is 29.8 Å². The summed E-state index contributed by atoms with van der Waals surface area (Å²) in [6, 6.07) is 20.5. The van der Waals surface area contributed by atoms with Gasteiger partial charge < -0.3 is 25.3 Å². The van der Waals surface area contributed by atoms with Gasteiger partial charge in [0.15, 0.2) is 6.10 Å². The first-order valence-electron chi connectivity index (χ1n) is 10.3. The standard InChI is InChI=1S/C25H26FN3O4/c1-31-23(25(30)29-16-17-7-9-18(10-8-17)24(27)28)21-12-11-20(15-22(21)26)33-14-13-32-19-5-3-2-4-6-19/h2-12,15,23H,13-14,16H2,1H3,(H3,27,28)(H,29,30)/t23-/m0/s1. The van der Waals surface area contributed by atoms with Crippen LogP contribution in [-0.2, 0) is 16.1 Å². The van der Waals surface area contributed by atoms with Gasteiger partial charge in [-0.1, -0.05) is 42.5 Å². The third kappa shape index (κ3) is 6.78. The lowest BCUT2D eigenvalue weighted by Crippen LogP contribution is -2.30. The van der Waals surface area contributed by atoms with Crippen molar-refractivity contribution in [2.45, 2.75) is 12.6 Å². The van der Waals surface area contributed by atoms with Gasteiger partial charge in [-0.25, -0.2) is 4.39 Å². The van der Waals surface area contributed by atoms with Gasteiger partial charge in [0.1, 0.15) is 36.4 Å². The number of amides is 1. The van der Waals surface area contributed by atoms with Gasteiger partial charge in [0.25, 0.3) is 5.91 Å². The molecule has 8 heteroatoms. The van der Waals surface area contributed by atoms with Gasteiger partial charge in [0, 0.05) is 30.8 Å². The third-order valence-corrected chi connectivity index (χ3v) is 4.82. The Morgan fingerprint density at radius 3 is 2.27 bits per heavy atom. The highest BCUT2D eigenvalue weighted by Crippen LogP contribution is 2.24. The normalized spacial score (nSPS) is 11.5. The van der Waals surface area contributed by atoms with Crippen LogP contribution in [0.15, 0.2) is 72.8 Å². The Morgan fingerprint density at radius 1 is 1.00 bits per heavy atom. The fraction of sp³-hybridized carbons (Fsp3) is 0.200. The Kier molecular flexibility index (Phi) is 8.37. The maximum absolute atomic E-state index is 14.7. The molecule has 7 nitrogen and oxygen atoms in total. The zero-order valence-corrected chi connectivity index (χ0v) is 18.2. The largest absolute Gasteiger partial charge is 0.490 e. The van der Waals surface area contributed by atoms with Gasteiger partial charge in [0.05, 0.1) is 0 Å². The van der Waals surface area contributed by atoms with Crippen LogP contribution in [0.5, 0.6) is 11.5 Å². The number of hydrogen-bond acceptors (Lipinski definition) is 5. The molecule has 172 valence electrons. The van der Waals surface area contributed by atoms with E-state index in [0.29, 0.717) is 17.9 Å². The first kappa shape index (κ1) is 23.7. The Bertz CT molecular complexity index is 1070. The summed E-state index contributed by atoms with van der Waals surface area (Å²) < 4.78 is 31.0. The number of hydrogen-bond donors (Lipinski definition) is 3. The average Bonchev–Trinajstić information content (AvgIpc) is 2.83. The van der Waals surface area contributed by atoms with Crippen molar-refractivity contribution in [3.63, 3.8) is 0 Å². The molecular weight excluding hydrogens is 425 g/mol. The first-order valence-corrected chi connectivity index (χ1v) is 10.3. The quantitative estimate of drug-likeness (QED) is 0.235. The van der Waals surface area contributed by atoms with Crippen molar-refractivity contribution in [1.29, 1.82) is 5.41 Å². The third-order valence-electron chi connectivity index (χ3n) is 4.82. The smallest absolute Gasteiger partial charge is 0.254 e. The Balaban J connectivity index is 1.53. The molecule has 0 aliphatic heterocycles. The fourth-order valence-corrected chi connectivity index (χ4v) is 3.11. The molecule has 0 spiro atoms. The van der Waals surface area contributed by atoms with E-state index in [-0.39, 0.29) is 24.6 Å². The topological polar surface area (TPSA) is 107 Å². The molecule has 0 aliphatic carbocycles. The van der Waals surface area contributed by atoms with Crippen LogP contribution in [0.25, 0.3) is 0 Å². The van der Waals surface area contributed by atoms with Gasteiger partial charge in [0.2, 0.25) is 0 Å². The lowest BCUT2D eigenvalue weighted by atomic mass is 10.1. The minimum atomic E-state index is -1.11. The van der Waals surface area contributed by atoms with Crippen LogP contribution in [0.3, 0.4) is 0 Å². The molecule has 3 aromatic carbocycles. The molecule has 0 aromatic heterocycles. The minimum Gasteiger partial charge on any atom is -0.490 e. The molecule has 0 saturated heterocycles. The fourth-order valence-electron chi connectivity index (χ4n) is 3.11. The maximum atomic E-state index is 14.7. The lowest BCUT2D eigenvalue weighted by molar-refractivity contribution is -0.131. The molecule has 4 N–H and O–H groups in total. The molecule has 1 atom stereocenters. The second-order valence-corrected chi connectivity index (χ2v) is 7.14. The second-order valence-electron chi connectivity index (χ2n) is 7.14. The van der Waals surface area contributed by atoms with E-state index < -0.39 is 17.8 Å². The van der Waals surface area contributed by atoms with Crippen molar-refractivity contribution in [3.05, 3.63) is 95.3 Å². The van der Waals surface area contributed by atoms with Crippen molar-refractivity contribution >= 4 is 11.7 Å². The molecule has 0 saturated carbocycles.